The quantitative estimate of drug-likeness (QED) is 0.535. The maximum atomic E-state index is 5.87. The van der Waals surface area contributed by atoms with Crippen molar-refractivity contribution in [3.8, 4) is 5.75 Å². The van der Waals surface area contributed by atoms with Crippen LogP contribution in [0.2, 0.25) is 0 Å². The zero-order valence-electron chi connectivity index (χ0n) is 12.9. The lowest BCUT2D eigenvalue weighted by atomic mass is 10.1. The molecule has 0 heterocycles. The Bertz CT molecular complexity index is 612. The highest BCUT2D eigenvalue weighted by molar-refractivity contribution is 9.10. The first-order chi connectivity index (χ1) is 10.6. The zero-order chi connectivity index (χ0) is 15.8. The van der Waals surface area contributed by atoms with Gasteiger partial charge in [0, 0.05) is 10.0 Å². The average molecular weight is 361 g/mol. The lowest BCUT2D eigenvalue weighted by Crippen LogP contribution is -2.03. The van der Waals surface area contributed by atoms with E-state index in [1.807, 2.05) is 48.5 Å². The normalized spacial score (nSPS) is 11.1. The fraction of sp³-hybridized carbons (Fsp3) is 0.278. The molecule has 0 saturated heterocycles. The van der Waals surface area contributed by atoms with Crippen LogP contribution in [-0.2, 0) is 0 Å². The zero-order valence-corrected chi connectivity index (χ0v) is 14.5. The van der Waals surface area contributed by atoms with Gasteiger partial charge in [0.2, 0.25) is 0 Å². The summed E-state index contributed by atoms with van der Waals surface area (Å²) in [4.78, 5) is 0. The summed E-state index contributed by atoms with van der Waals surface area (Å²) >= 11 is 3.49. The summed E-state index contributed by atoms with van der Waals surface area (Å²) in [7, 11) is 0. The molecule has 0 spiro atoms. The van der Waals surface area contributed by atoms with E-state index in [0.29, 0.717) is 12.5 Å². The van der Waals surface area contributed by atoms with Crippen molar-refractivity contribution in [2.45, 2.75) is 20.3 Å². The van der Waals surface area contributed by atoms with Gasteiger partial charge in [-0.25, -0.2) is 0 Å². The van der Waals surface area contributed by atoms with Crippen LogP contribution in [-0.4, -0.2) is 12.8 Å². The summed E-state index contributed by atoms with van der Waals surface area (Å²) in [6, 6.07) is 15.8. The predicted octanol–water partition coefficient (Wildman–Crippen LogP) is 5.32. The molecule has 3 nitrogen and oxygen atoms in total. The van der Waals surface area contributed by atoms with Crippen molar-refractivity contribution >= 4 is 27.8 Å². The molecule has 4 heteroatoms. The molecule has 2 rings (SSSR count). The number of ether oxygens (including phenoxy) is 1. The van der Waals surface area contributed by atoms with Gasteiger partial charge in [0.05, 0.1) is 18.5 Å². The second-order valence-corrected chi connectivity index (χ2v) is 6.36. The number of halogens is 1. The van der Waals surface area contributed by atoms with E-state index in [-0.39, 0.29) is 0 Å². The van der Waals surface area contributed by atoms with Crippen molar-refractivity contribution in [2.75, 3.05) is 12.0 Å². The number of para-hydroxylation sites is 1. The van der Waals surface area contributed by atoms with Crippen LogP contribution in [0.15, 0.2) is 58.1 Å². The van der Waals surface area contributed by atoms with Crippen molar-refractivity contribution in [3.63, 3.8) is 0 Å². The fourth-order valence-electron chi connectivity index (χ4n) is 1.85. The number of nitrogens with zero attached hydrogens (tertiary/aromatic N) is 1. The maximum absolute atomic E-state index is 5.87. The Kier molecular flexibility index (Phi) is 6.46. The van der Waals surface area contributed by atoms with Crippen molar-refractivity contribution in [1.82, 2.24) is 0 Å². The van der Waals surface area contributed by atoms with Gasteiger partial charge < -0.3 is 4.74 Å². The van der Waals surface area contributed by atoms with Crippen LogP contribution in [0.25, 0.3) is 0 Å². The van der Waals surface area contributed by atoms with E-state index in [1.165, 1.54) is 0 Å². The van der Waals surface area contributed by atoms with Crippen molar-refractivity contribution < 1.29 is 4.74 Å². The Morgan fingerprint density at radius 1 is 1.18 bits per heavy atom. The molecule has 0 aliphatic heterocycles. The first-order valence-electron chi connectivity index (χ1n) is 7.41. The molecule has 0 unspecified atom stereocenters. The smallest absolute Gasteiger partial charge is 0.128 e. The van der Waals surface area contributed by atoms with Crippen LogP contribution < -0.4 is 10.2 Å². The molecule has 2 aromatic rings. The Labute approximate surface area is 140 Å². The standard InChI is InChI=1S/C18H21BrN2O/c1-14(2)10-11-22-18-9-8-16(19)12-15(18)13-20-21-17-6-4-3-5-7-17/h3-9,12-14,21H,10-11H2,1-2H3. The number of anilines is 1. The van der Waals surface area contributed by atoms with Crippen molar-refractivity contribution in [3.05, 3.63) is 58.6 Å². The number of nitrogens with one attached hydrogen (secondary N) is 1. The molecule has 0 saturated carbocycles. The van der Waals surface area contributed by atoms with Gasteiger partial charge in [-0.05, 0) is 42.7 Å². The summed E-state index contributed by atoms with van der Waals surface area (Å²) in [5.41, 5.74) is 4.91. The topological polar surface area (TPSA) is 33.6 Å². The third kappa shape index (κ3) is 5.53. The van der Waals surface area contributed by atoms with E-state index in [9.17, 15) is 0 Å². The summed E-state index contributed by atoms with van der Waals surface area (Å²) in [6.45, 7) is 5.10. The number of hydrazone groups is 1. The lowest BCUT2D eigenvalue weighted by molar-refractivity contribution is 0.289. The molecular weight excluding hydrogens is 340 g/mol. The molecular formula is C18H21BrN2O. The lowest BCUT2D eigenvalue weighted by Gasteiger charge is -2.11. The van der Waals surface area contributed by atoms with E-state index in [0.717, 1.165) is 27.9 Å². The van der Waals surface area contributed by atoms with Crippen molar-refractivity contribution in [1.29, 1.82) is 0 Å². The summed E-state index contributed by atoms with van der Waals surface area (Å²) in [6.07, 6.45) is 2.82. The number of hydrogen-bond donors (Lipinski definition) is 1. The van der Waals surface area contributed by atoms with E-state index in [2.05, 4.69) is 40.3 Å². The fourth-order valence-corrected chi connectivity index (χ4v) is 2.22. The Morgan fingerprint density at radius 2 is 1.95 bits per heavy atom. The second kappa shape index (κ2) is 8.59. The van der Waals surface area contributed by atoms with Gasteiger partial charge in [0.25, 0.3) is 0 Å². The minimum atomic E-state index is 0.632. The van der Waals surface area contributed by atoms with Gasteiger partial charge in [-0.2, -0.15) is 5.10 Å². The highest BCUT2D eigenvalue weighted by atomic mass is 79.9. The monoisotopic (exact) mass is 360 g/mol. The Morgan fingerprint density at radius 3 is 2.68 bits per heavy atom. The highest BCUT2D eigenvalue weighted by Crippen LogP contribution is 2.22. The van der Waals surface area contributed by atoms with E-state index in [1.54, 1.807) is 6.21 Å². The molecule has 1 N–H and O–H groups in total. The number of benzene rings is 2. The van der Waals surface area contributed by atoms with E-state index < -0.39 is 0 Å². The van der Waals surface area contributed by atoms with Crippen molar-refractivity contribution in [2.24, 2.45) is 11.0 Å². The van der Waals surface area contributed by atoms with Crippen LogP contribution in [0.4, 0.5) is 5.69 Å². The predicted molar refractivity (Wildman–Crippen MR) is 96.8 cm³/mol. The molecule has 0 aliphatic rings. The van der Waals surface area contributed by atoms with Gasteiger partial charge in [-0.15, -0.1) is 0 Å². The number of rotatable bonds is 7. The molecule has 0 atom stereocenters. The number of hydrogen-bond acceptors (Lipinski definition) is 3. The molecule has 2 aromatic carbocycles. The molecule has 0 aliphatic carbocycles. The summed E-state index contributed by atoms with van der Waals surface area (Å²) in [5.74, 6) is 1.48. The molecule has 0 aromatic heterocycles. The molecule has 116 valence electrons. The summed E-state index contributed by atoms with van der Waals surface area (Å²) in [5, 5.41) is 4.28. The molecule has 0 bridgehead atoms. The summed E-state index contributed by atoms with van der Waals surface area (Å²) < 4.78 is 6.87. The second-order valence-electron chi connectivity index (χ2n) is 5.45. The third-order valence-corrected chi connectivity index (χ3v) is 3.59. The van der Waals surface area contributed by atoms with Gasteiger partial charge in [-0.1, -0.05) is 48.0 Å². The van der Waals surface area contributed by atoms with Gasteiger partial charge >= 0.3 is 0 Å². The first kappa shape index (κ1) is 16.6. The largest absolute Gasteiger partial charge is 0.493 e. The van der Waals surface area contributed by atoms with Crippen LogP contribution in [0.3, 0.4) is 0 Å². The molecule has 0 amide bonds. The van der Waals surface area contributed by atoms with E-state index in [4.69, 9.17) is 4.74 Å². The first-order valence-corrected chi connectivity index (χ1v) is 8.21. The maximum Gasteiger partial charge on any atom is 0.128 e. The van der Waals surface area contributed by atoms with Gasteiger partial charge in [-0.3, -0.25) is 5.43 Å². The van der Waals surface area contributed by atoms with Gasteiger partial charge in [0.15, 0.2) is 0 Å². The van der Waals surface area contributed by atoms with E-state index >= 15 is 0 Å². The van der Waals surface area contributed by atoms with Crippen LogP contribution >= 0.6 is 15.9 Å². The van der Waals surface area contributed by atoms with Crippen LogP contribution in [0.1, 0.15) is 25.8 Å². The minimum Gasteiger partial charge on any atom is -0.493 e. The van der Waals surface area contributed by atoms with Crippen LogP contribution in [0.5, 0.6) is 5.75 Å². The molecule has 22 heavy (non-hydrogen) atoms. The van der Waals surface area contributed by atoms with Gasteiger partial charge in [0.1, 0.15) is 5.75 Å². The Hall–Kier alpha value is -1.81. The van der Waals surface area contributed by atoms with Crippen LogP contribution in [0, 0.1) is 5.92 Å². The molecule has 0 fully saturated rings. The molecule has 0 radical (unpaired) electrons. The highest BCUT2D eigenvalue weighted by Gasteiger charge is 2.03. The Balaban J connectivity index is 2.03. The minimum absolute atomic E-state index is 0.632. The SMILES string of the molecule is CC(C)CCOc1ccc(Br)cc1C=NNc1ccccc1. The average Bonchev–Trinajstić information content (AvgIpc) is 2.50. The third-order valence-electron chi connectivity index (χ3n) is 3.10.